The number of nitrogens with zero attached hydrogens (tertiary/aromatic N) is 3. The lowest BCUT2D eigenvalue weighted by atomic mass is 9.90. The van der Waals surface area contributed by atoms with E-state index >= 15 is 0 Å². The molecule has 0 spiro atoms. The minimum Gasteiger partial charge on any atom is -0.465 e. The van der Waals surface area contributed by atoms with Gasteiger partial charge in [0.2, 0.25) is 5.91 Å². The topological polar surface area (TPSA) is 119 Å². The maximum atomic E-state index is 14.1. The molecular weight excluding hydrogens is 522 g/mol. The number of non-ortho nitro benzene ring substituents is 1. The molecule has 2 amide bonds. The van der Waals surface area contributed by atoms with Crippen molar-refractivity contribution in [3.63, 3.8) is 0 Å². The minimum atomic E-state index is -1.12. The zero-order valence-electron chi connectivity index (χ0n) is 21.3. The first-order valence-corrected chi connectivity index (χ1v) is 13.5. The van der Waals surface area contributed by atoms with Crippen LogP contribution in [0.3, 0.4) is 0 Å². The molecule has 3 aliphatic rings. The number of fused-ring (bicyclic) bond motifs is 2. The van der Waals surface area contributed by atoms with Crippen LogP contribution in [-0.2, 0) is 32.0 Å². The second kappa shape index (κ2) is 9.58. The first-order valence-electron chi connectivity index (χ1n) is 12.7. The smallest absolute Gasteiger partial charge is 0.341 e. The first kappa shape index (κ1) is 25.2. The summed E-state index contributed by atoms with van der Waals surface area (Å²) in [6.45, 7) is 1.90. The largest absolute Gasteiger partial charge is 0.465 e. The number of aryl methyl sites for hydroxylation is 2. The Morgan fingerprint density at radius 1 is 1.08 bits per heavy atom. The average molecular weight is 548 g/mol. The molecule has 10 nitrogen and oxygen atoms in total. The summed E-state index contributed by atoms with van der Waals surface area (Å²) in [5.41, 5.74) is 3.20. The molecule has 3 aromatic rings. The molecule has 1 aliphatic carbocycles. The molecule has 0 unspecified atom stereocenters. The van der Waals surface area contributed by atoms with E-state index in [1.807, 2.05) is 31.2 Å². The van der Waals surface area contributed by atoms with Crippen LogP contribution in [0.15, 0.2) is 48.5 Å². The van der Waals surface area contributed by atoms with Crippen LogP contribution in [0.5, 0.6) is 0 Å². The molecule has 11 heteroatoms. The molecule has 2 saturated heterocycles. The highest BCUT2D eigenvalue weighted by atomic mass is 32.1. The van der Waals surface area contributed by atoms with E-state index < -0.39 is 40.8 Å². The molecule has 0 N–H and O–H groups in total. The van der Waals surface area contributed by atoms with Gasteiger partial charge in [-0.05, 0) is 55.4 Å². The number of anilines is 2. The Morgan fingerprint density at radius 2 is 1.79 bits per heavy atom. The maximum absolute atomic E-state index is 14.1. The van der Waals surface area contributed by atoms with Crippen molar-refractivity contribution in [1.29, 1.82) is 0 Å². The van der Waals surface area contributed by atoms with Gasteiger partial charge in [0.05, 0.1) is 29.3 Å². The molecule has 0 bridgehead atoms. The number of benzene rings is 2. The molecule has 3 heterocycles. The highest BCUT2D eigenvalue weighted by Crippen LogP contribution is 2.51. The van der Waals surface area contributed by atoms with E-state index in [0.717, 1.165) is 40.2 Å². The molecule has 0 radical (unpaired) electrons. The van der Waals surface area contributed by atoms with Crippen LogP contribution in [-0.4, -0.2) is 35.9 Å². The number of thiophene rings is 1. The summed E-state index contributed by atoms with van der Waals surface area (Å²) in [6, 6.07) is 12.6. The lowest BCUT2D eigenvalue weighted by Gasteiger charge is -2.29. The zero-order chi connectivity index (χ0) is 27.4. The zero-order valence-corrected chi connectivity index (χ0v) is 22.1. The highest BCUT2D eigenvalue weighted by Gasteiger charge is 2.61. The van der Waals surface area contributed by atoms with Gasteiger partial charge in [0.15, 0.2) is 6.10 Å². The Bertz CT molecular complexity index is 1520. The van der Waals surface area contributed by atoms with E-state index in [2.05, 4.69) is 0 Å². The highest BCUT2D eigenvalue weighted by molar-refractivity contribution is 7.17. The Kier molecular flexibility index (Phi) is 6.19. The van der Waals surface area contributed by atoms with Gasteiger partial charge < -0.3 is 4.74 Å². The van der Waals surface area contributed by atoms with Crippen molar-refractivity contribution in [2.24, 2.45) is 5.92 Å². The predicted octanol–water partition coefficient (Wildman–Crippen LogP) is 4.68. The minimum absolute atomic E-state index is 0.0843. The van der Waals surface area contributed by atoms with Crippen LogP contribution in [0, 0.1) is 23.0 Å². The molecule has 3 atom stereocenters. The SMILES string of the molecule is COC(=O)c1c(N2C(=O)[C@@H]3[C@H](ON(c4ccccc4C)[C@H]3c3ccc([N+](=O)[O-])cc3)C2=O)sc2c1CCCC2. The normalized spacial score (nSPS) is 22.2. The number of hydrogen-bond acceptors (Lipinski definition) is 9. The third-order valence-corrected chi connectivity index (χ3v) is 8.94. The monoisotopic (exact) mass is 547 g/mol. The number of imide groups is 1. The summed E-state index contributed by atoms with van der Waals surface area (Å²) in [5.74, 6) is -2.52. The van der Waals surface area contributed by atoms with Gasteiger partial charge in [-0.2, -0.15) is 0 Å². The Morgan fingerprint density at radius 3 is 2.49 bits per heavy atom. The van der Waals surface area contributed by atoms with E-state index in [4.69, 9.17) is 9.57 Å². The van der Waals surface area contributed by atoms with E-state index in [1.54, 1.807) is 17.2 Å². The second-order valence-corrected chi connectivity index (χ2v) is 10.9. The maximum Gasteiger partial charge on any atom is 0.341 e. The van der Waals surface area contributed by atoms with Gasteiger partial charge in [0.25, 0.3) is 11.6 Å². The number of hydrogen-bond donors (Lipinski definition) is 0. The predicted molar refractivity (Wildman–Crippen MR) is 143 cm³/mol. The average Bonchev–Trinajstić information content (AvgIpc) is 3.58. The van der Waals surface area contributed by atoms with Gasteiger partial charge in [-0.15, -0.1) is 11.3 Å². The van der Waals surface area contributed by atoms with Gasteiger partial charge in [-0.25, -0.2) is 14.8 Å². The number of rotatable bonds is 5. The Hall–Kier alpha value is -4.09. The molecule has 1 aromatic heterocycles. The van der Waals surface area contributed by atoms with Crippen molar-refractivity contribution in [2.75, 3.05) is 17.1 Å². The number of carbonyl (C=O) groups excluding carboxylic acids is 3. The van der Waals surface area contributed by atoms with E-state index in [9.17, 15) is 24.5 Å². The number of ether oxygens (including phenoxy) is 1. The third-order valence-electron chi connectivity index (χ3n) is 7.66. The van der Waals surface area contributed by atoms with Gasteiger partial charge >= 0.3 is 5.97 Å². The number of hydroxylamine groups is 1. The van der Waals surface area contributed by atoms with Crippen molar-refractivity contribution in [3.8, 4) is 0 Å². The number of esters is 1. The number of carbonyl (C=O) groups is 3. The molecule has 2 aliphatic heterocycles. The van der Waals surface area contributed by atoms with Crippen LogP contribution >= 0.6 is 11.3 Å². The standard InChI is InChI=1S/C28H25N3O7S/c1-15-7-3-5-9-19(15)30-23(16-11-13-17(14-12-16)31(35)36)22-24(38-30)26(33)29(25(22)32)27-21(28(34)37-2)18-8-4-6-10-20(18)39-27/h3,5,7,9,11-14,22-24H,4,6,8,10H2,1-2H3/t22-,23-,24-/m0/s1. The molecule has 2 fully saturated rings. The van der Waals surface area contributed by atoms with Crippen LogP contribution in [0.4, 0.5) is 16.4 Å². The summed E-state index contributed by atoms with van der Waals surface area (Å²) in [6.07, 6.45) is 2.22. The van der Waals surface area contributed by atoms with Crippen LogP contribution in [0.2, 0.25) is 0 Å². The van der Waals surface area contributed by atoms with Crippen molar-refractivity contribution >= 4 is 45.5 Å². The van der Waals surface area contributed by atoms with Crippen molar-refractivity contribution in [1.82, 2.24) is 0 Å². The summed E-state index contributed by atoms with van der Waals surface area (Å²) in [5, 5.41) is 13.1. The fraction of sp³-hybridized carbons (Fsp3) is 0.321. The fourth-order valence-corrected chi connectivity index (χ4v) is 7.17. The van der Waals surface area contributed by atoms with Gasteiger partial charge in [-0.3, -0.25) is 24.5 Å². The van der Waals surface area contributed by atoms with E-state index in [-0.39, 0.29) is 16.3 Å². The van der Waals surface area contributed by atoms with Crippen molar-refractivity contribution < 1.29 is 28.9 Å². The number of methoxy groups -OCH3 is 1. The van der Waals surface area contributed by atoms with E-state index in [0.29, 0.717) is 17.7 Å². The number of para-hydroxylation sites is 1. The van der Waals surface area contributed by atoms with E-state index in [1.165, 1.54) is 30.6 Å². The molecular formula is C28H25N3O7S. The van der Waals surface area contributed by atoms with Crippen LogP contribution in [0.1, 0.15) is 50.8 Å². The molecule has 2 aromatic carbocycles. The van der Waals surface area contributed by atoms with Gasteiger partial charge in [0.1, 0.15) is 10.9 Å². The Labute approximate surface area is 227 Å². The number of nitro benzene ring substituents is 1. The molecule has 6 rings (SSSR count). The summed E-state index contributed by atoms with van der Waals surface area (Å²) in [4.78, 5) is 60.0. The van der Waals surface area contributed by atoms with Crippen LogP contribution < -0.4 is 9.96 Å². The van der Waals surface area contributed by atoms with Crippen LogP contribution in [0.25, 0.3) is 0 Å². The number of amides is 2. The van der Waals surface area contributed by atoms with Crippen molar-refractivity contribution in [3.05, 3.63) is 85.8 Å². The first-order chi connectivity index (χ1) is 18.8. The van der Waals surface area contributed by atoms with Gasteiger partial charge in [-0.1, -0.05) is 30.3 Å². The molecule has 0 saturated carbocycles. The molecule has 39 heavy (non-hydrogen) atoms. The molecule has 200 valence electrons. The number of nitro groups is 1. The third kappa shape index (κ3) is 3.92. The summed E-state index contributed by atoms with van der Waals surface area (Å²) >= 11 is 1.29. The van der Waals surface area contributed by atoms with Crippen molar-refractivity contribution in [2.45, 2.75) is 44.8 Å². The summed E-state index contributed by atoms with van der Waals surface area (Å²) < 4.78 is 5.06. The second-order valence-electron chi connectivity index (χ2n) is 9.85. The lowest BCUT2D eigenvalue weighted by molar-refractivity contribution is -0.384. The summed E-state index contributed by atoms with van der Waals surface area (Å²) in [7, 11) is 1.29. The lowest BCUT2D eigenvalue weighted by Crippen LogP contribution is -2.38. The van der Waals surface area contributed by atoms with Gasteiger partial charge in [0, 0.05) is 17.0 Å². The Balaban J connectivity index is 1.46. The quantitative estimate of drug-likeness (QED) is 0.195. The fourth-order valence-electron chi connectivity index (χ4n) is 5.79.